The smallest absolute Gasteiger partial charge is 0.238 e. The molecule has 0 radical (unpaired) electrons. The largest absolute Gasteiger partial charge is 0.395 e. The van der Waals surface area contributed by atoms with Crippen molar-refractivity contribution in [3.63, 3.8) is 0 Å². The number of amides is 1. The molecule has 0 unspecified atom stereocenters. The number of β-amino-alcohol motifs (C(OH)–C–C–N with tert-alkyl or cyclic N) is 1. The first-order valence-electron chi connectivity index (χ1n) is 8.35. The van der Waals surface area contributed by atoms with Crippen LogP contribution < -0.4 is 5.32 Å². The first-order chi connectivity index (χ1) is 10.9. The van der Waals surface area contributed by atoms with E-state index in [9.17, 15) is 4.79 Å². The zero-order chi connectivity index (χ0) is 16.9. The molecular weight excluding hydrogens is 290 g/mol. The van der Waals surface area contributed by atoms with Crippen LogP contribution in [-0.4, -0.2) is 66.7 Å². The Bertz CT molecular complexity index is 517. The predicted octanol–water partition coefficient (Wildman–Crippen LogP) is 1.53. The maximum Gasteiger partial charge on any atom is 0.238 e. The lowest BCUT2D eigenvalue weighted by Crippen LogP contribution is -2.49. The summed E-state index contributed by atoms with van der Waals surface area (Å²) >= 11 is 0. The highest BCUT2D eigenvalue weighted by Crippen LogP contribution is 2.29. The zero-order valence-corrected chi connectivity index (χ0v) is 14.5. The number of aliphatic hydroxyl groups excluding tert-OH is 1. The Morgan fingerprint density at radius 3 is 2.35 bits per heavy atom. The first-order valence-corrected chi connectivity index (χ1v) is 8.35. The van der Waals surface area contributed by atoms with E-state index in [1.54, 1.807) is 0 Å². The molecule has 0 aromatic heterocycles. The van der Waals surface area contributed by atoms with Crippen molar-refractivity contribution in [1.82, 2.24) is 9.80 Å². The van der Waals surface area contributed by atoms with Crippen molar-refractivity contribution in [3.8, 4) is 0 Å². The third-order valence-corrected chi connectivity index (χ3v) is 4.26. The summed E-state index contributed by atoms with van der Waals surface area (Å²) in [6.07, 6.45) is 0. The quantitative estimate of drug-likeness (QED) is 0.864. The second-order valence-corrected chi connectivity index (χ2v) is 7.19. The number of hydrogen-bond acceptors (Lipinski definition) is 4. The van der Waals surface area contributed by atoms with Crippen LogP contribution in [-0.2, 0) is 10.2 Å². The van der Waals surface area contributed by atoms with Gasteiger partial charge in [0.05, 0.1) is 13.2 Å². The molecule has 1 aliphatic heterocycles. The van der Waals surface area contributed by atoms with Crippen LogP contribution in [0.1, 0.15) is 26.3 Å². The molecule has 1 saturated heterocycles. The Hall–Kier alpha value is -1.43. The molecule has 0 saturated carbocycles. The van der Waals surface area contributed by atoms with Gasteiger partial charge in [-0.15, -0.1) is 0 Å². The van der Waals surface area contributed by atoms with Gasteiger partial charge in [-0.25, -0.2) is 0 Å². The van der Waals surface area contributed by atoms with Gasteiger partial charge in [0, 0.05) is 38.4 Å². The van der Waals surface area contributed by atoms with Gasteiger partial charge in [-0.1, -0.05) is 39.0 Å². The third kappa shape index (κ3) is 5.30. The molecule has 0 aliphatic carbocycles. The fraction of sp³-hybridized carbons (Fsp3) is 0.611. The average molecular weight is 319 g/mol. The van der Waals surface area contributed by atoms with E-state index in [1.165, 1.54) is 0 Å². The molecule has 2 rings (SSSR count). The van der Waals surface area contributed by atoms with Crippen molar-refractivity contribution in [1.29, 1.82) is 0 Å². The summed E-state index contributed by atoms with van der Waals surface area (Å²) in [4.78, 5) is 16.8. The SMILES string of the molecule is CC(C)(C)c1ccccc1NC(=O)CN1CCN(CCO)CC1. The van der Waals surface area contributed by atoms with Crippen LogP contribution in [0.4, 0.5) is 5.69 Å². The summed E-state index contributed by atoms with van der Waals surface area (Å²) in [6, 6.07) is 8.01. The number of nitrogens with one attached hydrogen (secondary N) is 1. The van der Waals surface area contributed by atoms with Gasteiger partial charge in [-0.3, -0.25) is 14.6 Å². The number of piperazine rings is 1. The van der Waals surface area contributed by atoms with Gasteiger partial charge < -0.3 is 10.4 Å². The Morgan fingerprint density at radius 1 is 1.13 bits per heavy atom. The van der Waals surface area contributed by atoms with E-state index in [0.29, 0.717) is 6.54 Å². The second-order valence-electron chi connectivity index (χ2n) is 7.19. The molecule has 1 aromatic rings. The number of rotatable bonds is 5. The third-order valence-electron chi connectivity index (χ3n) is 4.26. The molecule has 1 aliphatic rings. The van der Waals surface area contributed by atoms with Gasteiger partial charge in [0.15, 0.2) is 0 Å². The van der Waals surface area contributed by atoms with Crippen LogP contribution in [0.3, 0.4) is 0 Å². The van der Waals surface area contributed by atoms with E-state index in [0.717, 1.165) is 44.0 Å². The topological polar surface area (TPSA) is 55.8 Å². The Balaban J connectivity index is 1.89. The van der Waals surface area contributed by atoms with Crippen LogP contribution in [0.25, 0.3) is 0 Å². The van der Waals surface area contributed by atoms with E-state index in [4.69, 9.17) is 5.11 Å². The van der Waals surface area contributed by atoms with Crippen molar-refractivity contribution in [2.45, 2.75) is 26.2 Å². The van der Waals surface area contributed by atoms with E-state index in [-0.39, 0.29) is 17.9 Å². The number of nitrogens with zero attached hydrogens (tertiary/aromatic N) is 2. The standard InChI is InChI=1S/C18H29N3O2/c1-18(2,3)15-6-4-5-7-16(15)19-17(23)14-21-10-8-20(9-11-21)12-13-22/h4-7,22H,8-14H2,1-3H3,(H,19,23). The number of hydrogen-bond donors (Lipinski definition) is 2. The van der Waals surface area contributed by atoms with Gasteiger partial charge in [0.2, 0.25) is 5.91 Å². The second kappa shape index (κ2) is 7.90. The number of benzene rings is 1. The minimum Gasteiger partial charge on any atom is -0.395 e. The zero-order valence-electron chi connectivity index (χ0n) is 14.5. The fourth-order valence-electron chi connectivity index (χ4n) is 2.95. The maximum atomic E-state index is 12.4. The Kier molecular flexibility index (Phi) is 6.16. The van der Waals surface area contributed by atoms with E-state index < -0.39 is 0 Å². The van der Waals surface area contributed by atoms with Crippen LogP contribution in [0.15, 0.2) is 24.3 Å². The van der Waals surface area contributed by atoms with Gasteiger partial charge in [0.1, 0.15) is 0 Å². The van der Waals surface area contributed by atoms with E-state index in [2.05, 4.69) is 42.0 Å². The molecular formula is C18H29N3O2. The highest BCUT2D eigenvalue weighted by molar-refractivity contribution is 5.93. The van der Waals surface area contributed by atoms with Gasteiger partial charge in [0.25, 0.3) is 0 Å². The van der Waals surface area contributed by atoms with Crippen molar-refractivity contribution in [2.75, 3.05) is 51.2 Å². The molecule has 128 valence electrons. The van der Waals surface area contributed by atoms with Crippen LogP contribution in [0, 0.1) is 0 Å². The number of para-hydroxylation sites is 1. The summed E-state index contributed by atoms with van der Waals surface area (Å²) in [6.45, 7) is 11.4. The van der Waals surface area contributed by atoms with Crippen molar-refractivity contribution in [2.24, 2.45) is 0 Å². The van der Waals surface area contributed by atoms with Crippen LogP contribution >= 0.6 is 0 Å². The van der Waals surface area contributed by atoms with Gasteiger partial charge in [-0.05, 0) is 17.0 Å². The maximum absolute atomic E-state index is 12.4. The monoisotopic (exact) mass is 319 g/mol. The first kappa shape index (κ1) is 17.9. The molecule has 0 spiro atoms. The molecule has 1 fully saturated rings. The molecule has 2 N–H and O–H groups in total. The van der Waals surface area contributed by atoms with Crippen molar-refractivity contribution >= 4 is 11.6 Å². The average Bonchev–Trinajstić information content (AvgIpc) is 2.49. The highest BCUT2D eigenvalue weighted by Gasteiger charge is 2.21. The Morgan fingerprint density at radius 2 is 1.74 bits per heavy atom. The van der Waals surface area contributed by atoms with Gasteiger partial charge in [-0.2, -0.15) is 0 Å². The number of carbonyl (C=O) groups is 1. The van der Waals surface area contributed by atoms with E-state index in [1.807, 2.05) is 18.2 Å². The molecule has 1 amide bonds. The predicted molar refractivity (Wildman–Crippen MR) is 93.7 cm³/mol. The van der Waals surface area contributed by atoms with Crippen LogP contribution in [0.2, 0.25) is 0 Å². The van der Waals surface area contributed by atoms with Crippen molar-refractivity contribution < 1.29 is 9.90 Å². The molecule has 23 heavy (non-hydrogen) atoms. The summed E-state index contributed by atoms with van der Waals surface area (Å²) in [5.74, 6) is 0.0392. The number of carbonyl (C=O) groups excluding carboxylic acids is 1. The fourth-order valence-corrected chi connectivity index (χ4v) is 2.95. The van der Waals surface area contributed by atoms with Crippen LogP contribution in [0.5, 0.6) is 0 Å². The molecule has 1 aromatic carbocycles. The lowest BCUT2D eigenvalue weighted by atomic mass is 9.86. The normalized spacial score (nSPS) is 17.2. The molecule has 5 heteroatoms. The van der Waals surface area contributed by atoms with E-state index >= 15 is 0 Å². The lowest BCUT2D eigenvalue weighted by Gasteiger charge is -2.34. The Labute approximate surface area is 139 Å². The number of anilines is 1. The summed E-state index contributed by atoms with van der Waals surface area (Å²) < 4.78 is 0. The van der Waals surface area contributed by atoms with Crippen molar-refractivity contribution in [3.05, 3.63) is 29.8 Å². The number of aliphatic hydroxyl groups is 1. The summed E-state index contributed by atoms with van der Waals surface area (Å²) in [7, 11) is 0. The molecule has 1 heterocycles. The highest BCUT2D eigenvalue weighted by atomic mass is 16.3. The lowest BCUT2D eigenvalue weighted by molar-refractivity contribution is -0.117. The minimum absolute atomic E-state index is 0.000205. The molecule has 0 atom stereocenters. The van der Waals surface area contributed by atoms with Gasteiger partial charge >= 0.3 is 0 Å². The minimum atomic E-state index is -0.000205. The molecule has 0 bridgehead atoms. The molecule has 5 nitrogen and oxygen atoms in total. The summed E-state index contributed by atoms with van der Waals surface area (Å²) in [5, 5.41) is 12.0. The summed E-state index contributed by atoms with van der Waals surface area (Å²) in [5.41, 5.74) is 2.06.